The zero-order chi connectivity index (χ0) is 12.3. The Morgan fingerprint density at radius 3 is 2.88 bits per heavy atom. The maximum absolute atomic E-state index is 5.90. The fourth-order valence-corrected chi connectivity index (χ4v) is 2.05. The van der Waals surface area contributed by atoms with Crippen LogP contribution in [0.25, 0.3) is 0 Å². The molecule has 3 N–H and O–H groups in total. The first-order valence-electron chi connectivity index (χ1n) is 5.42. The van der Waals surface area contributed by atoms with Gasteiger partial charge in [-0.15, -0.1) is 0 Å². The number of hydrogen-bond acceptors (Lipinski definition) is 3. The van der Waals surface area contributed by atoms with Gasteiger partial charge in [0, 0.05) is 36.4 Å². The van der Waals surface area contributed by atoms with Crippen LogP contribution in [0.5, 0.6) is 0 Å². The highest BCUT2D eigenvalue weighted by Gasteiger charge is 2.01. The number of aryl methyl sites for hydroxylation is 1. The standard InChI is InChI=1S/C12H15BrN4/c1-17-10(5-7-16-17)4-6-15-12-3-2-9(13)8-11(12)14/h2-3,5,7-8,15H,4,6,14H2,1H3. The number of rotatable bonds is 4. The van der Waals surface area contributed by atoms with E-state index in [0.29, 0.717) is 0 Å². The van der Waals surface area contributed by atoms with Crippen LogP contribution < -0.4 is 11.1 Å². The first-order chi connectivity index (χ1) is 8.16. The molecule has 4 nitrogen and oxygen atoms in total. The molecule has 0 saturated carbocycles. The average Bonchev–Trinajstić information content (AvgIpc) is 2.68. The third-order valence-corrected chi connectivity index (χ3v) is 3.13. The van der Waals surface area contributed by atoms with Gasteiger partial charge in [0.2, 0.25) is 0 Å². The van der Waals surface area contributed by atoms with Crippen molar-refractivity contribution in [3.8, 4) is 0 Å². The maximum Gasteiger partial charge on any atom is 0.0574 e. The van der Waals surface area contributed by atoms with E-state index in [-0.39, 0.29) is 0 Å². The van der Waals surface area contributed by atoms with E-state index in [9.17, 15) is 0 Å². The van der Waals surface area contributed by atoms with Gasteiger partial charge in [-0.3, -0.25) is 4.68 Å². The van der Waals surface area contributed by atoms with Crippen molar-refractivity contribution in [2.75, 3.05) is 17.6 Å². The highest BCUT2D eigenvalue weighted by Crippen LogP contribution is 2.22. The van der Waals surface area contributed by atoms with Gasteiger partial charge in [-0.05, 0) is 24.3 Å². The third-order valence-electron chi connectivity index (χ3n) is 2.63. The number of nitrogens with two attached hydrogens (primary N) is 1. The minimum atomic E-state index is 0.754. The quantitative estimate of drug-likeness (QED) is 0.852. The molecular formula is C12H15BrN4. The molecule has 0 aliphatic carbocycles. The molecule has 1 heterocycles. The molecule has 1 aromatic heterocycles. The fourth-order valence-electron chi connectivity index (χ4n) is 1.67. The Labute approximate surface area is 109 Å². The van der Waals surface area contributed by atoms with Gasteiger partial charge < -0.3 is 11.1 Å². The summed E-state index contributed by atoms with van der Waals surface area (Å²) in [6.45, 7) is 0.839. The molecule has 2 aromatic rings. The van der Waals surface area contributed by atoms with E-state index in [1.54, 1.807) is 0 Å². The van der Waals surface area contributed by atoms with Crippen molar-refractivity contribution in [2.45, 2.75) is 6.42 Å². The topological polar surface area (TPSA) is 55.9 Å². The van der Waals surface area contributed by atoms with Crippen LogP contribution in [0.15, 0.2) is 34.9 Å². The first kappa shape index (κ1) is 12.0. The third kappa shape index (κ3) is 3.00. The second-order valence-corrected chi connectivity index (χ2v) is 4.77. The van der Waals surface area contributed by atoms with E-state index in [2.05, 4.69) is 26.3 Å². The summed E-state index contributed by atoms with van der Waals surface area (Å²) < 4.78 is 2.87. The van der Waals surface area contributed by atoms with Gasteiger partial charge in [-0.25, -0.2) is 0 Å². The van der Waals surface area contributed by atoms with E-state index >= 15 is 0 Å². The van der Waals surface area contributed by atoms with Crippen molar-refractivity contribution in [3.63, 3.8) is 0 Å². The van der Waals surface area contributed by atoms with E-state index in [1.165, 1.54) is 5.69 Å². The fraction of sp³-hybridized carbons (Fsp3) is 0.250. The number of benzene rings is 1. The van der Waals surface area contributed by atoms with Gasteiger partial charge >= 0.3 is 0 Å². The Morgan fingerprint density at radius 1 is 1.41 bits per heavy atom. The van der Waals surface area contributed by atoms with Crippen LogP contribution in [0.1, 0.15) is 5.69 Å². The molecule has 0 spiro atoms. The van der Waals surface area contributed by atoms with Crippen molar-refractivity contribution in [3.05, 3.63) is 40.6 Å². The zero-order valence-electron chi connectivity index (χ0n) is 9.65. The molecule has 0 saturated heterocycles. The van der Waals surface area contributed by atoms with Gasteiger partial charge in [0.1, 0.15) is 0 Å². The summed E-state index contributed by atoms with van der Waals surface area (Å²) in [7, 11) is 1.95. The van der Waals surface area contributed by atoms with Gasteiger partial charge in [0.15, 0.2) is 0 Å². The Hall–Kier alpha value is -1.49. The monoisotopic (exact) mass is 294 g/mol. The highest BCUT2D eigenvalue weighted by molar-refractivity contribution is 9.10. The first-order valence-corrected chi connectivity index (χ1v) is 6.22. The molecule has 0 radical (unpaired) electrons. The number of aromatic nitrogens is 2. The van der Waals surface area contributed by atoms with Crippen LogP contribution in [0.2, 0.25) is 0 Å². The van der Waals surface area contributed by atoms with E-state index in [0.717, 1.165) is 28.8 Å². The van der Waals surface area contributed by atoms with Crippen LogP contribution >= 0.6 is 15.9 Å². The van der Waals surface area contributed by atoms with Crippen LogP contribution in [-0.4, -0.2) is 16.3 Å². The second kappa shape index (κ2) is 5.23. The van der Waals surface area contributed by atoms with E-state index < -0.39 is 0 Å². The molecule has 5 heteroatoms. The molecular weight excluding hydrogens is 280 g/mol. The van der Waals surface area contributed by atoms with Gasteiger partial charge in [0.05, 0.1) is 11.4 Å². The summed E-state index contributed by atoms with van der Waals surface area (Å²) >= 11 is 3.39. The summed E-state index contributed by atoms with van der Waals surface area (Å²) in [5.74, 6) is 0. The van der Waals surface area contributed by atoms with E-state index in [4.69, 9.17) is 5.73 Å². The Balaban J connectivity index is 1.92. The Kier molecular flexibility index (Phi) is 3.68. The molecule has 2 rings (SSSR count). The number of hydrogen-bond donors (Lipinski definition) is 2. The van der Waals surface area contributed by atoms with E-state index in [1.807, 2.05) is 42.2 Å². The predicted molar refractivity (Wildman–Crippen MR) is 74.0 cm³/mol. The lowest BCUT2D eigenvalue weighted by Gasteiger charge is -2.09. The number of halogens is 1. The summed E-state index contributed by atoms with van der Waals surface area (Å²) in [5.41, 5.74) is 8.82. The number of nitrogens with zero attached hydrogens (tertiary/aromatic N) is 2. The minimum absolute atomic E-state index is 0.754. The minimum Gasteiger partial charge on any atom is -0.397 e. The molecule has 0 fully saturated rings. The number of anilines is 2. The Bertz CT molecular complexity index is 507. The summed E-state index contributed by atoms with van der Waals surface area (Å²) in [6.07, 6.45) is 2.73. The SMILES string of the molecule is Cn1nccc1CCNc1ccc(Br)cc1N. The normalized spacial score (nSPS) is 10.5. The van der Waals surface area contributed by atoms with Crippen molar-refractivity contribution < 1.29 is 0 Å². The van der Waals surface area contributed by atoms with Crippen LogP contribution in [0, 0.1) is 0 Å². The lowest BCUT2D eigenvalue weighted by Crippen LogP contribution is -2.09. The van der Waals surface area contributed by atoms with Gasteiger partial charge in [-0.1, -0.05) is 15.9 Å². The molecule has 1 aromatic carbocycles. The molecule has 0 amide bonds. The Morgan fingerprint density at radius 2 is 2.24 bits per heavy atom. The highest BCUT2D eigenvalue weighted by atomic mass is 79.9. The van der Waals surface area contributed by atoms with Crippen molar-refractivity contribution in [1.29, 1.82) is 0 Å². The van der Waals surface area contributed by atoms with Crippen LogP contribution in [0.3, 0.4) is 0 Å². The summed E-state index contributed by atoms with van der Waals surface area (Å²) in [4.78, 5) is 0. The maximum atomic E-state index is 5.90. The molecule has 17 heavy (non-hydrogen) atoms. The zero-order valence-corrected chi connectivity index (χ0v) is 11.2. The van der Waals surface area contributed by atoms with Gasteiger partial charge in [-0.2, -0.15) is 5.10 Å². The van der Waals surface area contributed by atoms with Crippen LogP contribution in [0.4, 0.5) is 11.4 Å². The molecule has 0 aliphatic heterocycles. The largest absolute Gasteiger partial charge is 0.397 e. The number of nitrogen functional groups attached to an aromatic ring is 1. The molecule has 0 atom stereocenters. The molecule has 0 aliphatic rings. The summed E-state index contributed by atoms with van der Waals surface area (Å²) in [6, 6.07) is 7.87. The molecule has 0 unspecified atom stereocenters. The summed E-state index contributed by atoms with van der Waals surface area (Å²) in [5, 5.41) is 7.45. The lowest BCUT2D eigenvalue weighted by atomic mass is 10.2. The van der Waals surface area contributed by atoms with Crippen molar-refractivity contribution >= 4 is 27.3 Å². The van der Waals surface area contributed by atoms with Crippen molar-refractivity contribution in [1.82, 2.24) is 9.78 Å². The smallest absolute Gasteiger partial charge is 0.0574 e. The molecule has 0 bridgehead atoms. The van der Waals surface area contributed by atoms with Crippen LogP contribution in [-0.2, 0) is 13.5 Å². The number of nitrogens with one attached hydrogen (secondary N) is 1. The lowest BCUT2D eigenvalue weighted by molar-refractivity contribution is 0.711. The molecule has 90 valence electrons. The predicted octanol–water partition coefficient (Wildman–Crippen LogP) is 2.42. The average molecular weight is 295 g/mol. The van der Waals surface area contributed by atoms with Crippen molar-refractivity contribution in [2.24, 2.45) is 7.05 Å². The second-order valence-electron chi connectivity index (χ2n) is 3.85. The van der Waals surface area contributed by atoms with Gasteiger partial charge in [0.25, 0.3) is 0 Å².